The van der Waals surface area contributed by atoms with Crippen LogP contribution in [0.4, 0.5) is 14.6 Å². The lowest BCUT2D eigenvalue weighted by atomic mass is 9.79. The highest BCUT2D eigenvalue weighted by atomic mass is 19.1. The van der Waals surface area contributed by atoms with E-state index in [4.69, 9.17) is 5.10 Å². The van der Waals surface area contributed by atoms with E-state index in [1.165, 1.54) is 12.1 Å². The largest absolute Gasteiger partial charge is 0.314 e. The first kappa shape index (κ1) is 19.1. The smallest absolute Gasteiger partial charge is 0.236 e. The van der Waals surface area contributed by atoms with Crippen molar-refractivity contribution in [3.63, 3.8) is 0 Å². The first-order valence-corrected chi connectivity index (χ1v) is 10.3. The molecule has 0 unspecified atom stereocenters. The number of hydrogen-bond donors (Lipinski definition) is 2. The third-order valence-electron chi connectivity index (χ3n) is 6.56. The maximum absolute atomic E-state index is 14.7. The van der Waals surface area contributed by atoms with Gasteiger partial charge in [-0.2, -0.15) is 5.10 Å². The minimum absolute atomic E-state index is 0.100. The lowest BCUT2D eigenvalue weighted by Crippen LogP contribution is -2.39. The second kappa shape index (κ2) is 6.84. The lowest BCUT2D eigenvalue weighted by molar-refractivity contribution is -0.120. The van der Waals surface area contributed by atoms with E-state index < -0.39 is 23.4 Å². The third-order valence-corrected chi connectivity index (χ3v) is 6.56. The van der Waals surface area contributed by atoms with Crippen molar-refractivity contribution in [2.45, 2.75) is 44.3 Å². The van der Waals surface area contributed by atoms with Crippen LogP contribution in [0.1, 0.15) is 38.3 Å². The van der Waals surface area contributed by atoms with Crippen LogP contribution in [0, 0.1) is 5.82 Å². The number of aromatic nitrogens is 3. The predicted octanol–water partition coefficient (Wildman–Crippen LogP) is 3.73. The summed E-state index contributed by atoms with van der Waals surface area (Å²) in [6.07, 6.45) is 1.67. The Bertz CT molecular complexity index is 1160. The van der Waals surface area contributed by atoms with Gasteiger partial charge in [0.25, 0.3) is 0 Å². The van der Waals surface area contributed by atoms with E-state index in [0.717, 1.165) is 16.5 Å². The number of pyridine rings is 1. The van der Waals surface area contributed by atoms with E-state index in [0.29, 0.717) is 36.4 Å². The number of rotatable bonds is 3. The molecule has 6 nitrogen and oxygen atoms in total. The minimum Gasteiger partial charge on any atom is -0.314 e. The SMILES string of the molecule is CC[C@@]1(C)C(=O)Nc2nccc(-c3nn([C@H]4CCNC[C@H]4F)c4cc(F)ccc34)c21. The molecule has 2 aromatic heterocycles. The van der Waals surface area contributed by atoms with E-state index in [1.54, 1.807) is 16.9 Å². The number of halogens is 2. The third kappa shape index (κ3) is 2.66. The Morgan fingerprint density at radius 1 is 1.33 bits per heavy atom. The van der Waals surface area contributed by atoms with E-state index in [-0.39, 0.29) is 12.5 Å². The van der Waals surface area contributed by atoms with Crippen molar-refractivity contribution in [3.05, 3.63) is 41.8 Å². The van der Waals surface area contributed by atoms with Gasteiger partial charge in [0.15, 0.2) is 0 Å². The summed E-state index contributed by atoms with van der Waals surface area (Å²) in [6.45, 7) is 4.77. The van der Waals surface area contributed by atoms with Crippen LogP contribution < -0.4 is 10.6 Å². The molecule has 0 saturated carbocycles. The molecule has 4 heterocycles. The molecular weight excluding hydrogens is 388 g/mol. The highest BCUT2D eigenvalue weighted by molar-refractivity contribution is 6.08. The molecule has 30 heavy (non-hydrogen) atoms. The molecule has 2 aliphatic heterocycles. The fourth-order valence-corrected chi connectivity index (χ4v) is 4.65. The summed E-state index contributed by atoms with van der Waals surface area (Å²) in [5.74, 6) is 0.0311. The summed E-state index contributed by atoms with van der Waals surface area (Å²) in [5.41, 5.74) is 1.98. The number of amides is 1. The fourth-order valence-electron chi connectivity index (χ4n) is 4.65. The Morgan fingerprint density at radius 2 is 2.17 bits per heavy atom. The highest BCUT2D eigenvalue weighted by Gasteiger charge is 2.44. The van der Waals surface area contributed by atoms with Crippen molar-refractivity contribution < 1.29 is 13.6 Å². The van der Waals surface area contributed by atoms with Gasteiger partial charge in [0.1, 0.15) is 23.5 Å². The maximum atomic E-state index is 14.7. The number of nitrogens with one attached hydrogen (secondary N) is 2. The summed E-state index contributed by atoms with van der Waals surface area (Å²) < 4.78 is 30.5. The van der Waals surface area contributed by atoms with Crippen molar-refractivity contribution in [1.29, 1.82) is 0 Å². The molecule has 8 heteroatoms. The van der Waals surface area contributed by atoms with Crippen molar-refractivity contribution >= 4 is 22.6 Å². The standard InChI is InChI=1S/C22H23F2N5O/c1-3-22(2)18-14(6-9-26-20(18)27-21(22)30)19-13-5-4-12(23)10-17(13)29(28-19)16-7-8-25-11-15(16)24/h4-6,9-10,15-16,25H,3,7-8,11H2,1-2H3,(H,26,27,30)/t15-,16+,22-/m1/s1. The van der Waals surface area contributed by atoms with Gasteiger partial charge in [-0.3, -0.25) is 9.48 Å². The maximum Gasteiger partial charge on any atom is 0.236 e. The Kier molecular flexibility index (Phi) is 4.36. The van der Waals surface area contributed by atoms with Crippen molar-refractivity contribution in [2.75, 3.05) is 18.4 Å². The number of carbonyl (C=O) groups excluding carboxylic acids is 1. The molecule has 0 radical (unpaired) electrons. The zero-order valence-electron chi connectivity index (χ0n) is 16.9. The minimum atomic E-state index is -1.12. The molecule has 0 aliphatic carbocycles. The van der Waals surface area contributed by atoms with E-state index in [9.17, 15) is 13.6 Å². The van der Waals surface area contributed by atoms with Crippen molar-refractivity contribution in [3.8, 4) is 11.3 Å². The average Bonchev–Trinajstić information content (AvgIpc) is 3.23. The number of benzene rings is 1. The van der Waals surface area contributed by atoms with Crippen LogP contribution in [0.2, 0.25) is 0 Å². The second-order valence-corrected chi connectivity index (χ2v) is 8.25. The van der Waals surface area contributed by atoms with Gasteiger partial charge in [0, 0.05) is 29.3 Å². The summed E-state index contributed by atoms with van der Waals surface area (Å²) >= 11 is 0. The van der Waals surface area contributed by atoms with Gasteiger partial charge in [0.2, 0.25) is 5.91 Å². The monoisotopic (exact) mass is 411 g/mol. The molecule has 1 amide bonds. The lowest BCUT2D eigenvalue weighted by Gasteiger charge is -2.27. The number of piperidine rings is 1. The quantitative estimate of drug-likeness (QED) is 0.689. The summed E-state index contributed by atoms with van der Waals surface area (Å²) in [7, 11) is 0. The van der Waals surface area contributed by atoms with Crippen LogP contribution in [0.25, 0.3) is 22.2 Å². The molecule has 3 atom stereocenters. The van der Waals surface area contributed by atoms with Crippen molar-refractivity contribution in [2.24, 2.45) is 0 Å². The van der Waals surface area contributed by atoms with Gasteiger partial charge < -0.3 is 10.6 Å². The van der Waals surface area contributed by atoms with Crippen LogP contribution in [-0.2, 0) is 10.2 Å². The molecule has 0 bridgehead atoms. The predicted molar refractivity (Wildman–Crippen MR) is 111 cm³/mol. The number of alkyl halides is 1. The molecule has 2 N–H and O–H groups in total. The van der Waals surface area contributed by atoms with Crippen molar-refractivity contribution in [1.82, 2.24) is 20.1 Å². The molecular formula is C22H23F2N5O. The number of nitrogens with zero attached hydrogens (tertiary/aromatic N) is 3. The molecule has 1 saturated heterocycles. The van der Waals surface area contributed by atoms with Crippen LogP contribution >= 0.6 is 0 Å². The Labute approximate surface area is 172 Å². The number of hydrogen-bond acceptors (Lipinski definition) is 4. The van der Waals surface area contributed by atoms with Gasteiger partial charge >= 0.3 is 0 Å². The summed E-state index contributed by atoms with van der Waals surface area (Å²) in [5, 5.41) is 11.4. The number of carbonyl (C=O) groups is 1. The zero-order chi connectivity index (χ0) is 21.0. The number of anilines is 1. The molecule has 156 valence electrons. The summed E-state index contributed by atoms with van der Waals surface area (Å²) in [4.78, 5) is 17.0. The van der Waals surface area contributed by atoms with Crippen LogP contribution in [-0.4, -0.2) is 39.9 Å². The molecule has 2 aliphatic rings. The number of fused-ring (bicyclic) bond motifs is 2. The first-order chi connectivity index (χ1) is 14.4. The molecule has 3 aromatic rings. The summed E-state index contributed by atoms with van der Waals surface area (Å²) in [6, 6.07) is 5.83. The molecule has 5 rings (SSSR count). The Balaban J connectivity index is 1.77. The molecule has 0 spiro atoms. The van der Waals surface area contributed by atoms with Gasteiger partial charge in [-0.15, -0.1) is 0 Å². The van der Waals surface area contributed by atoms with Crippen LogP contribution in [0.5, 0.6) is 0 Å². The van der Waals surface area contributed by atoms with Crippen LogP contribution in [0.3, 0.4) is 0 Å². The normalized spacial score (nSPS) is 26.1. The average molecular weight is 411 g/mol. The zero-order valence-corrected chi connectivity index (χ0v) is 16.9. The Hall–Kier alpha value is -2.87. The van der Waals surface area contributed by atoms with Gasteiger partial charge in [-0.1, -0.05) is 6.92 Å². The first-order valence-electron chi connectivity index (χ1n) is 10.3. The fraction of sp³-hybridized carbons (Fsp3) is 0.409. The van der Waals surface area contributed by atoms with Gasteiger partial charge in [-0.05, 0) is 50.6 Å². The van der Waals surface area contributed by atoms with Gasteiger partial charge in [0.05, 0.1) is 17.0 Å². The second-order valence-electron chi connectivity index (χ2n) is 8.25. The van der Waals surface area contributed by atoms with Crippen LogP contribution in [0.15, 0.2) is 30.5 Å². The van der Waals surface area contributed by atoms with E-state index in [1.807, 2.05) is 19.9 Å². The molecule has 1 fully saturated rings. The Morgan fingerprint density at radius 3 is 2.93 bits per heavy atom. The topological polar surface area (TPSA) is 71.8 Å². The van der Waals surface area contributed by atoms with E-state index >= 15 is 0 Å². The van der Waals surface area contributed by atoms with Gasteiger partial charge in [-0.25, -0.2) is 13.8 Å². The highest BCUT2D eigenvalue weighted by Crippen LogP contribution is 2.45. The molecule has 1 aromatic carbocycles. The van der Waals surface area contributed by atoms with E-state index in [2.05, 4.69) is 15.6 Å².